The Balaban J connectivity index is 0.00000200. The zero-order valence-electron chi connectivity index (χ0n) is 10.3. The number of amides is 1. The van der Waals surface area contributed by atoms with Gasteiger partial charge in [0, 0.05) is 30.0 Å². The van der Waals surface area contributed by atoms with E-state index in [2.05, 4.69) is 26.6 Å². The van der Waals surface area contributed by atoms with Crippen molar-refractivity contribution in [3.05, 3.63) is 33.8 Å². The van der Waals surface area contributed by atoms with Gasteiger partial charge in [-0.1, -0.05) is 0 Å². The van der Waals surface area contributed by atoms with Gasteiger partial charge in [-0.2, -0.15) is 0 Å². The summed E-state index contributed by atoms with van der Waals surface area (Å²) >= 11 is 3.02. The smallest absolute Gasteiger partial charge is 0.252 e. The highest BCUT2D eigenvalue weighted by atomic mass is 79.9. The molecule has 0 saturated carbocycles. The first-order valence-corrected chi connectivity index (χ1v) is 6.60. The first kappa shape index (κ1) is 17.3. The van der Waals surface area contributed by atoms with Crippen LogP contribution in [0.1, 0.15) is 10.4 Å². The minimum absolute atomic E-state index is 0. The van der Waals surface area contributed by atoms with Crippen molar-refractivity contribution in [2.75, 3.05) is 19.6 Å². The molecule has 1 aliphatic rings. The first-order valence-electron chi connectivity index (χ1n) is 5.80. The molecule has 0 aliphatic carbocycles. The molecule has 1 aliphatic heterocycles. The molecule has 4 nitrogen and oxygen atoms in total. The van der Waals surface area contributed by atoms with Crippen LogP contribution in [0.5, 0.6) is 0 Å². The molecule has 0 aromatic heterocycles. The fraction of sp³-hybridized carbons (Fsp3) is 0.417. The van der Waals surface area contributed by atoms with Gasteiger partial charge in [0.25, 0.3) is 5.91 Å². The maximum atomic E-state index is 13.1. The van der Waals surface area contributed by atoms with Crippen molar-refractivity contribution in [3.8, 4) is 0 Å². The molecule has 0 radical (unpaired) electrons. The van der Waals surface area contributed by atoms with Crippen molar-refractivity contribution < 1.29 is 18.7 Å². The molecule has 1 aromatic rings. The fourth-order valence-corrected chi connectivity index (χ4v) is 2.44. The normalized spacial score (nSPS) is 21.4. The van der Waals surface area contributed by atoms with E-state index < -0.39 is 23.6 Å². The number of aliphatic hydroxyl groups excluding tert-OH is 1. The first-order chi connectivity index (χ1) is 8.99. The van der Waals surface area contributed by atoms with E-state index >= 15 is 0 Å². The molecular formula is C12H14BrClF2N2O2. The Kier molecular flexibility index (Phi) is 6.32. The minimum Gasteiger partial charge on any atom is -0.391 e. The lowest BCUT2D eigenvalue weighted by Gasteiger charge is -2.14. The number of aliphatic hydroxyl groups is 1. The monoisotopic (exact) mass is 370 g/mol. The molecule has 2 atom stereocenters. The molecule has 1 saturated heterocycles. The molecular weight excluding hydrogens is 357 g/mol. The van der Waals surface area contributed by atoms with Gasteiger partial charge in [0.15, 0.2) is 11.6 Å². The van der Waals surface area contributed by atoms with Gasteiger partial charge in [0.05, 0.1) is 11.7 Å². The van der Waals surface area contributed by atoms with Crippen LogP contribution >= 0.6 is 28.3 Å². The van der Waals surface area contributed by atoms with E-state index in [1.54, 1.807) is 0 Å². The van der Waals surface area contributed by atoms with Crippen molar-refractivity contribution in [2.24, 2.45) is 5.92 Å². The third-order valence-electron chi connectivity index (χ3n) is 3.08. The van der Waals surface area contributed by atoms with Crippen LogP contribution in [0, 0.1) is 17.6 Å². The Bertz CT molecular complexity index is 505. The fourth-order valence-electron chi connectivity index (χ4n) is 1.94. The van der Waals surface area contributed by atoms with Gasteiger partial charge in [0.2, 0.25) is 0 Å². The van der Waals surface area contributed by atoms with Gasteiger partial charge in [-0.15, -0.1) is 12.4 Å². The standard InChI is InChI=1S/C12H13BrF2N2O2.ClH/c13-8-2-10(15)9(14)1-7(8)12(19)17-4-6-3-16-5-11(6)18;/h1-2,6,11,16,18H,3-5H2,(H,17,19);1H. The number of rotatable bonds is 3. The van der Waals surface area contributed by atoms with Crippen molar-refractivity contribution in [2.45, 2.75) is 6.10 Å². The van der Waals surface area contributed by atoms with Crippen LogP contribution in [0.15, 0.2) is 16.6 Å². The molecule has 112 valence electrons. The number of carbonyl (C=O) groups is 1. The lowest BCUT2D eigenvalue weighted by atomic mass is 10.1. The summed E-state index contributed by atoms with van der Waals surface area (Å²) < 4.78 is 26.2. The number of β-amino-alcohol motifs (C(OH)–C–C–N with tert-alkyl or cyclic N) is 1. The minimum atomic E-state index is -1.07. The van der Waals surface area contributed by atoms with Gasteiger partial charge in [-0.25, -0.2) is 8.78 Å². The van der Waals surface area contributed by atoms with E-state index in [-0.39, 0.29) is 34.9 Å². The van der Waals surface area contributed by atoms with Gasteiger partial charge in [0.1, 0.15) is 0 Å². The summed E-state index contributed by atoms with van der Waals surface area (Å²) in [5.41, 5.74) is 0.0272. The molecule has 2 rings (SSSR count). The average Bonchev–Trinajstić information content (AvgIpc) is 2.76. The van der Waals surface area contributed by atoms with E-state index in [4.69, 9.17) is 0 Å². The number of carbonyl (C=O) groups excluding carboxylic acids is 1. The Morgan fingerprint density at radius 3 is 2.65 bits per heavy atom. The molecule has 0 spiro atoms. The van der Waals surface area contributed by atoms with Gasteiger partial charge in [-0.3, -0.25) is 4.79 Å². The van der Waals surface area contributed by atoms with Crippen LogP contribution in [0.4, 0.5) is 8.78 Å². The van der Waals surface area contributed by atoms with Crippen molar-refractivity contribution in [1.29, 1.82) is 0 Å². The molecule has 1 amide bonds. The quantitative estimate of drug-likeness (QED) is 0.705. The summed E-state index contributed by atoms with van der Waals surface area (Å²) in [7, 11) is 0. The molecule has 0 bridgehead atoms. The predicted molar refractivity (Wildman–Crippen MR) is 76.0 cm³/mol. The van der Waals surface area contributed by atoms with E-state index in [0.29, 0.717) is 13.1 Å². The van der Waals surface area contributed by atoms with Crippen molar-refractivity contribution >= 4 is 34.2 Å². The number of halogens is 4. The van der Waals surface area contributed by atoms with Crippen molar-refractivity contribution in [3.63, 3.8) is 0 Å². The highest BCUT2D eigenvalue weighted by Gasteiger charge is 2.25. The highest BCUT2D eigenvalue weighted by Crippen LogP contribution is 2.20. The van der Waals surface area contributed by atoms with E-state index in [9.17, 15) is 18.7 Å². The van der Waals surface area contributed by atoms with Crippen LogP contribution in [0.3, 0.4) is 0 Å². The Labute approximate surface area is 129 Å². The molecule has 1 aromatic carbocycles. The molecule has 2 unspecified atom stereocenters. The Hall–Kier alpha value is -0.760. The third kappa shape index (κ3) is 3.88. The maximum Gasteiger partial charge on any atom is 0.252 e. The van der Waals surface area contributed by atoms with E-state index in [0.717, 1.165) is 12.1 Å². The zero-order chi connectivity index (χ0) is 14.0. The second-order valence-corrected chi connectivity index (χ2v) is 5.30. The van der Waals surface area contributed by atoms with E-state index in [1.807, 2.05) is 0 Å². The topological polar surface area (TPSA) is 61.4 Å². The zero-order valence-corrected chi connectivity index (χ0v) is 12.7. The molecule has 1 heterocycles. The number of nitrogens with one attached hydrogen (secondary N) is 2. The highest BCUT2D eigenvalue weighted by molar-refractivity contribution is 9.10. The lowest BCUT2D eigenvalue weighted by molar-refractivity contribution is 0.0925. The van der Waals surface area contributed by atoms with Gasteiger partial charge >= 0.3 is 0 Å². The number of benzene rings is 1. The summed E-state index contributed by atoms with van der Waals surface area (Å²) in [6.45, 7) is 1.38. The van der Waals surface area contributed by atoms with Crippen LogP contribution in [0.25, 0.3) is 0 Å². The Morgan fingerprint density at radius 2 is 2.05 bits per heavy atom. The van der Waals surface area contributed by atoms with Crippen LogP contribution in [-0.4, -0.2) is 36.8 Å². The SMILES string of the molecule is Cl.O=C(NCC1CNCC1O)c1cc(F)c(F)cc1Br. The predicted octanol–water partition coefficient (Wildman–Crippen LogP) is 1.46. The maximum absolute atomic E-state index is 13.1. The van der Waals surface area contributed by atoms with Gasteiger partial charge in [-0.05, 0) is 28.1 Å². The average molecular weight is 372 g/mol. The number of hydrogen-bond acceptors (Lipinski definition) is 3. The van der Waals surface area contributed by atoms with Gasteiger partial charge < -0.3 is 15.7 Å². The molecule has 8 heteroatoms. The summed E-state index contributed by atoms with van der Waals surface area (Å²) in [4.78, 5) is 11.9. The summed E-state index contributed by atoms with van der Waals surface area (Å²) in [5, 5.41) is 15.2. The summed E-state index contributed by atoms with van der Waals surface area (Å²) in [5.74, 6) is -2.67. The second-order valence-electron chi connectivity index (χ2n) is 4.44. The molecule has 20 heavy (non-hydrogen) atoms. The Morgan fingerprint density at radius 1 is 1.40 bits per heavy atom. The van der Waals surface area contributed by atoms with Crippen molar-refractivity contribution in [1.82, 2.24) is 10.6 Å². The molecule has 1 fully saturated rings. The van der Waals surface area contributed by atoms with Crippen LogP contribution in [0.2, 0.25) is 0 Å². The van der Waals surface area contributed by atoms with E-state index in [1.165, 1.54) is 0 Å². The molecule has 3 N–H and O–H groups in total. The lowest BCUT2D eigenvalue weighted by Crippen LogP contribution is -2.34. The third-order valence-corrected chi connectivity index (χ3v) is 3.74. The summed E-state index contributed by atoms with van der Waals surface area (Å²) in [6, 6.07) is 1.76. The summed E-state index contributed by atoms with van der Waals surface area (Å²) in [6.07, 6.45) is -0.506. The second kappa shape index (κ2) is 7.31. The largest absolute Gasteiger partial charge is 0.391 e. The van der Waals surface area contributed by atoms with Crippen LogP contribution < -0.4 is 10.6 Å². The van der Waals surface area contributed by atoms with Crippen LogP contribution in [-0.2, 0) is 0 Å². The number of hydrogen-bond donors (Lipinski definition) is 3.